The number of aromatic nitrogens is 3. The summed E-state index contributed by atoms with van der Waals surface area (Å²) in [5, 5.41) is 16.9. The van der Waals surface area contributed by atoms with Crippen LogP contribution in [0.2, 0.25) is 0 Å². The lowest BCUT2D eigenvalue weighted by atomic mass is 10.2. The predicted octanol–water partition coefficient (Wildman–Crippen LogP) is 1.59. The fourth-order valence-corrected chi connectivity index (χ4v) is 2.35. The molecule has 0 saturated carbocycles. The van der Waals surface area contributed by atoms with E-state index >= 15 is 0 Å². The van der Waals surface area contributed by atoms with Gasteiger partial charge >= 0.3 is 0 Å². The molecule has 0 spiro atoms. The molecule has 0 aliphatic heterocycles. The Hall–Kier alpha value is -2.73. The molecule has 0 saturated heterocycles. The molecular weight excluding hydrogens is 280 g/mol. The Balaban J connectivity index is 1.89. The molecule has 0 radical (unpaired) electrons. The molecule has 2 heterocycles. The molecular formula is C16H16N4O2. The number of hydrogen-bond acceptors (Lipinski definition) is 4. The number of hydrogen-bond donors (Lipinski definition) is 2. The number of benzene rings is 1. The van der Waals surface area contributed by atoms with E-state index < -0.39 is 0 Å². The van der Waals surface area contributed by atoms with Crippen LogP contribution < -0.4 is 0 Å². The first-order valence-electron chi connectivity index (χ1n) is 7.01. The van der Waals surface area contributed by atoms with Gasteiger partial charge in [0.1, 0.15) is 0 Å². The molecule has 3 rings (SSSR count). The highest BCUT2D eigenvalue weighted by Crippen LogP contribution is 2.17. The van der Waals surface area contributed by atoms with E-state index in [1.807, 2.05) is 30.3 Å². The normalized spacial score (nSPS) is 10.8. The van der Waals surface area contributed by atoms with Gasteiger partial charge in [0.2, 0.25) is 0 Å². The Bertz CT molecular complexity index is 770. The zero-order valence-electron chi connectivity index (χ0n) is 11.9. The smallest absolute Gasteiger partial charge is 0.275 e. The highest BCUT2D eigenvalue weighted by molar-refractivity contribution is 6.04. The number of rotatable bonds is 5. The Kier molecular flexibility index (Phi) is 4.11. The van der Waals surface area contributed by atoms with Crippen LogP contribution in [0.4, 0.5) is 0 Å². The zero-order valence-corrected chi connectivity index (χ0v) is 11.9. The van der Waals surface area contributed by atoms with Crippen molar-refractivity contribution in [3.8, 4) is 0 Å². The Morgan fingerprint density at radius 3 is 2.82 bits per heavy atom. The van der Waals surface area contributed by atoms with Crippen molar-refractivity contribution in [2.24, 2.45) is 0 Å². The van der Waals surface area contributed by atoms with Crippen molar-refractivity contribution in [2.45, 2.75) is 6.54 Å². The highest BCUT2D eigenvalue weighted by atomic mass is 16.3. The van der Waals surface area contributed by atoms with Gasteiger partial charge in [0.25, 0.3) is 5.91 Å². The number of fused-ring (bicyclic) bond motifs is 1. The summed E-state index contributed by atoms with van der Waals surface area (Å²) >= 11 is 0. The topological polar surface area (TPSA) is 82.1 Å². The summed E-state index contributed by atoms with van der Waals surface area (Å²) in [6.07, 6.45) is 3.26. The molecule has 1 amide bonds. The molecule has 6 nitrogen and oxygen atoms in total. The van der Waals surface area contributed by atoms with Crippen LogP contribution in [0.5, 0.6) is 0 Å². The second-order valence-corrected chi connectivity index (χ2v) is 4.93. The summed E-state index contributed by atoms with van der Waals surface area (Å²) in [5.74, 6) is -0.225. The molecule has 0 aliphatic carbocycles. The second kappa shape index (κ2) is 6.36. The van der Waals surface area contributed by atoms with Gasteiger partial charge in [-0.15, -0.1) is 0 Å². The average molecular weight is 296 g/mol. The van der Waals surface area contributed by atoms with E-state index in [4.69, 9.17) is 0 Å². The summed E-state index contributed by atoms with van der Waals surface area (Å²) in [5.41, 5.74) is 2.09. The summed E-state index contributed by atoms with van der Waals surface area (Å²) in [6, 6.07) is 11.4. The third-order valence-corrected chi connectivity index (χ3v) is 3.44. The van der Waals surface area contributed by atoms with E-state index in [9.17, 15) is 9.90 Å². The van der Waals surface area contributed by atoms with Crippen LogP contribution in [0, 0.1) is 0 Å². The molecule has 0 aliphatic rings. The third-order valence-electron chi connectivity index (χ3n) is 3.44. The van der Waals surface area contributed by atoms with Gasteiger partial charge in [-0.3, -0.25) is 14.9 Å². The number of amides is 1. The van der Waals surface area contributed by atoms with Crippen molar-refractivity contribution in [3.05, 3.63) is 60.0 Å². The number of nitrogens with one attached hydrogen (secondary N) is 1. The Morgan fingerprint density at radius 2 is 2.05 bits per heavy atom. The first-order valence-corrected chi connectivity index (χ1v) is 7.01. The minimum Gasteiger partial charge on any atom is -0.395 e. The Labute approximate surface area is 127 Å². The lowest BCUT2D eigenvalue weighted by Crippen LogP contribution is -2.33. The van der Waals surface area contributed by atoms with E-state index in [-0.39, 0.29) is 19.1 Å². The van der Waals surface area contributed by atoms with Crippen molar-refractivity contribution in [3.63, 3.8) is 0 Å². The molecule has 0 fully saturated rings. The number of pyridine rings is 1. The minimum atomic E-state index is -0.225. The van der Waals surface area contributed by atoms with Crippen LogP contribution in [0.25, 0.3) is 10.9 Å². The standard InChI is InChI=1S/C16H16N4O2/c21-9-8-20(11-12-4-2-1-3-5-12)16(22)15-13-10-17-7-6-14(13)18-19-15/h1-7,10,21H,8-9,11H2,(H,18,19). The van der Waals surface area contributed by atoms with Crippen molar-refractivity contribution in [1.82, 2.24) is 20.1 Å². The van der Waals surface area contributed by atoms with Gasteiger partial charge < -0.3 is 10.0 Å². The first kappa shape index (κ1) is 14.2. The van der Waals surface area contributed by atoms with Crippen LogP contribution in [0.3, 0.4) is 0 Å². The van der Waals surface area contributed by atoms with Crippen molar-refractivity contribution < 1.29 is 9.90 Å². The number of aromatic amines is 1. The minimum absolute atomic E-state index is 0.0980. The Morgan fingerprint density at radius 1 is 1.23 bits per heavy atom. The highest BCUT2D eigenvalue weighted by Gasteiger charge is 2.21. The van der Waals surface area contributed by atoms with Crippen LogP contribution in [0.1, 0.15) is 16.1 Å². The van der Waals surface area contributed by atoms with Crippen molar-refractivity contribution >= 4 is 16.8 Å². The largest absolute Gasteiger partial charge is 0.395 e. The first-order chi connectivity index (χ1) is 10.8. The molecule has 3 aromatic rings. The fourth-order valence-electron chi connectivity index (χ4n) is 2.35. The molecule has 1 aromatic carbocycles. The van der Waals surface area contributed by atoms with Crippen molar-refractivity contribution in [2.75, 3.05) is 13.2 Å². The van der Waals surface area contributed by atoms with Gasteiger partial charge in [0.15, 0.2) is 5.69 Å². The number of nitrogens with zero attached hydrogens (tertiary/aromatic N) is 3. The molecule has 0 atom stereocenters. The molecule has 6 heteroatoms. The molecule has 2 aromatic heterocycles. The van der Waals surface area contributed by atoms with Crippen LogP contribution in [-0.4, -0.2) is 44.2 Å². The maximum Gasteiger partial charge on any atom is 0.275 e. The van der Waals surface area contributed by atoms with Gasteiger partial charge in [-0.05, 0) is 11.6 Å². The molecule has 112 valence electrons. The lowest BCUT2D eigenvalue weighted by molar-refractivity contribution is 0.0704. The van der Waals surface area contributed by atoms with E-state index in [2.05, 4.69) is 15.2 Å². The quantitative estimate of drug-likeness (QED) is 0.749. The molecule has 0 unspecified atom stereocenters. The van der Waals surface area contributed by atoms with Crippen LogP contribution >= 0.6 is 0 Å². The predicted molar refractivity (Wildman–Crippen MR) is 82.2 cm³/mol. The van der Waals surface area contributed by atoms with Gasteiger partial charge in [-0.1, -0.05) is 30.3 Å². The summed E-state index contributed by atoms with van der Waals surface area (Å²) in [6.45, 7) is 0.580. The average Bonchev–Trinajstić information content (AvgIpc) is 2.99. The van der Waals surface area contributed by atoms with Gasteiger partial charge in [-0.25, -0.2) is 0 Å². The number of aliphatic hydroxyl groups excluding tert-OH is 1. The van der Waals surface area contributed by atoms with Gasteiger partial charge in [0, 0.05) is 25.5 Å². The van der Waals surface area contributed by atoms with E-state index in [1.165, 1.54) is 0 Å². The lowest BCUT2D eigenvalue weighted by Gasteiger charge is -2.21. The van der Waals surface area contributed by atoms with E-state index in [0.717, 1.165) is 11.1 Å². The molecule has 0 bridgehead atoms. The van der Waals surface area contributed by atoms with Crippen LogP contribution in [0.15, 0.2) is 48.8 Å². The maximum absolute atomic E-state index is 12.7. The maximum atomic E-state index is 12.7. The van der Waals surface area contributed by atoms with E-state index in [0.29, 0.717) is 17.6 Å². The molecule has 22 heavy (non-hydrogen) atoms. The van der Waals surface area contributed by atoms with Crippen molar-refractivity contribution in [1.29, 1.82) is 0 Å². The summed E-state index contributed by atoms with van der Waals surface area (Å²) < 4.78 is 0. The number of carbonyl (C=O) groups is 1. The second-order valence-electron chi connectivity index (χ2n) is 4.93. The third kappa shape index (κ3) is 2.82. The monoisotopic (exact) mass is 296 g/mol. The zero-order chi connectivity index (χ0) is 15.4. The summed E-state index contributed by atoms with van der Waals surface area (Å²) in [4.78, 5) is 18.3. The summed E-state index contributed by atoms with van der Waals surface area (Å²) in [7, 11) is 0. The van der Waals surface area contributed by atoms with Crippen LogP contribution in [-0.2, 0) is 6.54 Å². The van der Waals surface area contributed by atoms with Gasteiger partial charge in [-0.2, -0.15) is 5.10 Å². The number of carbonyl (C=O) groups excluding carboxylic acids is 1. The van der Waals surface area contributed by atoms with Gasteiger partial charge in [0.05, 0.1) is 17.5 Å². The van der Waals surface area contributed by atoms with E-state index in [1.54, 1.807) is 23.4 Å². The number of aliphatic hydroxyl groups is 1. The fraction of sp³-hybridized carbons (Fsp3) is 0.188. The SMILES string of the molecule is O=C(c1n[nH]c2ccncc12)N(CCO)Cc1ccccc1. The number of H-pyrrole nitrogens is 1. The molecule has 2 N–H and O–H groups in total.